The molecule has 0 bridgehead atoms. The number of pyridine rings is 1. The number of aryl methyl sites for hydroxylation is 1. The first kappa shape index (κ1) is 12.9. The molecule has 0 saturated heterocycles. The number of nitrogens with zero attached hydrogens (tertiary/aromatic N) is 5. The summed E-state index contributed by atoms with van der Waals surface area (Å²) < 4.78 is 26.5. The van der Waals surface area contributed by atoms with Crippen LogP contribution < -0.4 is 9.80 Å². The Labute approximate surface area is 168 Å². The number of imidazole rings is 1. The van der Waals surface area contributed by atoms with E-state index in [0.717, 1.165) is 39.5 Å². The maximum absolute atomic E-state index is 8.10. The van der Waals surface area contributed by atoms with E-state index in [4.69, 9.17) is 9.10 Å². The summed E-state index contributed by atoms with van der Waals surface area (Å²) in [6.45, 7) is 1.72. The topological polar surface area (TPSA) is 37.2 Å². The second-order valence-corrected chi connectivity index (χ2v) is 7.48. The molecule has 138 valence electrons. The zero-order valence-corrected chi connectivity index (χ0v) is 15.7. The third-order valence-electron chi connectivity index (χ3n) is 5.91. The molecule has 0 saturated carbocycles. The van der Waals surface area contributed by atoms with Gasteiger partial charge < -0.3 is 9.80 Å². The number of hydrogen-bond acceptors (Lipinski definition) is 4. The number of aromatic nitrogens is 3. The third-order valence-corrected chi connectivity index (χ3v) is 5.91. The van der Waals surface area contributed by atoms with Crippen LogP contribution in [0.5, 0.6) is 0 Å². The molecule has 0 fully saturated rings. The number of benzene rings is 2. The van der Waals surface area contributed by atoms with Crippen LogP contribution in [0.15, 0.2) is 54.7 Å². The Kier molecular flexibility index (Phi) is 2.47. The van der Waals surface area contributed by atoms with Crippen LogP contribution >= 0.6 is 0 Å². The van der Waals surface area contributed by atoms with Crippen molar-refractivity contribution < 1.29 is 4.11 Å². The monoisotopic (exact) mass is 370 g/mol. The van der Waals surface area contributed by atoms with Gasteiger partial charge >= 0.3 is 0 Å². The highest BCUT2D eigenvalue weighted by molar-refractivity contribution is 5.87. The van der Waals surface area contributed by atoms with Crippen molar-refractivity contribution in [3.63, 3.8) is 0 Å². The highest BCUT2D eigenvalue weighted by Gasteiger charge is 2.36. The zero-order chi connectivity index (χ0) is 21.5. The van der Waals surface area contributed by atoms with Crippen molar-refractivity contribution in [1.82, 2.24) is 14.5 Å². The second-order valence-electron chi connectivity index (χ2n) is 7.48. The highest BCUT2D eigenvalue weighted by Crippen LogP contribution is 2.47. The quantitative estimate of drug-likeness (QED) is 0.433. The van der Waals surface area contributed by atoms with E-state index in [9.17, 15) is 0 Å². The van der Waals surface area contributed by atoms with E-state index in [0.29, 0.717) is 12.2 Å². The standard InChI is InChI=1S/C23H21N5/c1-14-10-11-18-16(13-21-25-17-7-4-5-8-19(17)28(18)21)22(14)27-15(2)26(3)23-20(27)9-6-12-24-23/h4-12,15H,13H2,1-3H3/t15-/m0/s1/i3D3. The van der Waals surface area contributed by atoms with Crippen molar-refractivity contribution in [3.8, 4) is 5.69 Å². The maximum atomic E-state index is 8.10. The van der Waals surface area contributed by atoms with Gasteiger partial charge in [0.1, 0.15) is 12.0 Å². The first-order chi connectivity index (χ1) is 14.9. The fourth-order valence-electron chi connectivity index (χ4n) is 4.65. The summed E-state index contributed by atoms with van der Waals surface area (Å²) in [4.78, 5) is 12.8. The number of fused-ring (bicyclic) bond motifs is 6. The van der Waals surface area contributed by atoms with Crippen LogP contribution in [0.2, 0.25) is 0 Å². The Morgan fingerprint density at radius 3 is 2.86 bits per heavy atom. The molecule has 0 spiro atoms. The highest BCUT2D eigenvalue weighted by atomic mass is 15.4. The molecule has 0 radical (unpaired) electrons. The number of rotatable bonds is 1. The lowest BCUT2D eigenvalue weighted by molar-refractivity contribution is 0.726. The van der Waals surface area contributed by atoms with Gasteiger partial charge in [-0.05, 0) is 49.7 Å². The second kappa shape index (κ2) is 5.35. The molecule has 2 aromatic carbocycles. The minimum absolute atomic E-state index is 0.396. The van der Waals surface area contributed by atoms with Crippen molar-refractivity contribution in [3.05, 3.63) is 71.7 Å². The number of para-hydroxylation sites is 2. The zero-order valence-electron chi connectivity index (χ0n) is 18.7. The number of anilines is 3. The third kappa shape index (κ3) is 1.86. The van der Waals surface area contributed by atoms with E-state index in [1.807, 2.05) is 37.3 Å². The van der Waals surface area contributed by atoms with Gasteiger partial charge in [-0.3, -0.25) is 4.57 Å². The van der Waals surface area contributed by atoms with Crippen LogP contribution in [-0.4, -0.2) is 27.7 Å². The molecule has 2 aliphatic heterocycles. The van der Waals surface area contributed by atoms with Gasteiger partial charge in [-0.25, -0.2) is 9.97 Å². The Bertz CT molecular complexity index is 1360. The molecule has 0 amide bonds. The molecular weight excluding hydrogens is 346 g/mol. The Morgan fingerprint density at radius 2 is 1.96 bits per heavy atom. The average Bonchev–Trinajstić information content (AvgIpc) is 3.35. The van der Waals surface area contributed by atoms with Gasteiger partial charge in [-0.2, -0.15) is 0 Å². The summed E-state index contributed by atoms with van der Waals surface area (Å²) >= 11 is 0. The Hall–Kier alpha value is -3.34. The molecular formula is C23H21N5. The lowest BCUT2D eigenvalue weighted by Gasteiger charge is -2.30. The van der Waals surface area contributed by atoms with E-state index in [1.54, 1.807) is 6.20 Å². The van der Waals surface area contributed by atoms with Gasteiger partial charge in [0.15, 0.2) is 5.82 Å². The van der Waals surface area contributed by atoms with E-state index < -0.39 is 13.1 Å². The van der Waals surface area contributed by atoms with Crippen LogP contribution in [0.1, 0.15) is 28.0 Å². The van der Waals surface area contributed by atoms with Gasteiger partial charge in [-0.1, -0.05) is 18.2 Å². The van der Waals surface area contributed by atoms with Crippen molar-refractivity contribution in [2.75, 3.05) is 16.8 Å². The molecule has 2 aliphatic rings. The summed E-state index contributed by atoms with van der Waals surface area (Å²) in [6.07, 6.45) is 1.96. The van der Waals surface area contributed by atoms with Crippen molar-refractivity contribution in [1.29, 1.82) is 0 Å². The van der Waals surface area contributed by atoms with Gasteiger partial charge in [0, 0.05) is 29.3 Å². The summed E-state index contributed by atoms with van der Waals surface area (Å²) in [7, 11) is 0. The minimum atomic E-state index is -2.29. The van der Waals surface area contributed by atoms with Gasteiger partial charge in [-0.15, -0.1) is 0 Å². The van der Waals surface area contributed by atoms with Gasteiger partial charge in [0.2, 0.25) is 0 Å². The van der Waals surface area contributed by atoms with Crippen molar-refractivity contribution in [2.45, 2.75) is 26.4 Å². The summed E-state index contributed by atoms with van der Waals surface area (Å²) in [5, 5.41) is 0. The van der Waals surface area contributed by atoms with E-state index >= 15 is 0 Å². The van der Waals surface area contributed by atoms with Crippen LogP contribution in [0.3, 0.4) is 0 Å². The van der Waals surface area contributed by atoms with Gasteiger partial charge in [0.05, 0.1) is 28.1 Å². The molecule has 6 rings (SSSR count). The van der Waals surface area contributed by atoms with Crippen LogP contribution in [0, 0.1) is 6.92 Å². The number of hydrogen-bond donors (Lipinski definition) is 0. The molecule has 2 aromatic heterocycles. The fourth-order valence-corrected chi connectivity index (χ4v) is 4.65. The molecule has 5 nitrogen and oxygen atoms in total. The normalized spacial score (nSPS) is 19.2. The smallest absolute Gasteiger partial charge is 0.153 e. The predicted molar refractivity (Wildman–Crippen MR) is 113 cm³/mol. The van der Waals surface area contributed by atoms with Crippen molar-refractivity contribution in [2.24, 2.45) is 0 Å². The molecule has 5 heteroatoms. The molecule has 4 heterocycles. The van der Waals surface area contributed by atoms with Crippen LogP contribution in [0.4, 0.5) is 17.2 Å². The summed E-state index contributed by atoms with van der Waals surface area (Å²) in [5.41, 5.74) is 7.31. The Morgan fingerprint density at radius 1 is 1.07 bits per heavy atom. The Balaban J connectivity index is 1.58. The molecule has 4 aromatic rings. The lowest BCUT2D eigenvalue weighted by atomic mass is 10.0. The van der Waals surface area contributed by atoms with E-state index in [1.165, 1.54) is 10.5 Å². The molecule has 0 aliphatic carbocycles. The van der Waals surface area contributed by atoms with Gasteiger partial charge in [0.25, 0.3) is 0 Å². The molecule has 0 unspecified atom stereocenters. The first-order valence-corrected chi connectivity index (χ1v) is 9.49. The minimum Gasteiger partial charge on any atom is -0.337 e. The SMILES string of the molecule is [2H]C([2H])([2H])N1c2ncccc2N(c2c(C)ccc3c2Cc2nc4ccccc4n2-3)[C@H]1C. The van der Waals surface area contributed by atoms with Crippen LogP contribution in [-0.2, 0) is 6.42 Å². The summed E-state index contributed by atoms with van der Waals surface area (Å²) in [5.74, 6) is 1.50. The van der Waals surface area contributed by atoms with Crippen LogP contribution in [0.25, 0.3) is 16.7 Å². The maximum Gasteiger partial charge on any atom is 0.153 e. The molecule has 28 heavy (non-hydrogen) atoms. The summed E-state index contributed by atoms with van der Waals surface area (Å²) in [6, 6.07) is 16.2. The fraction of sp³-hybridized carbons (Fsp3) is 0.217. The average molecular weight is 370 g/mol. The van der Waals surface area contributed by atoms with Crippen molar-refractivity contribution >= 4 is 28.2 Å². The van der Waals surface area contributed by atoms with E-state index in [-0.39, 0.29) is 0 Å². The lowest BCUT2D eigenvalue weighted by Crippen LogP contribution is -2.36. The van der Waals surface area contributed by atoms with E-state index in [2.05, 4.69) is 39.6 Å². The largest absolute Gasteiger partial charge is 0.337 e. The first-order valence-electron chi connectivity index (χ1n) is 11.0. The molecule has 0 N–H and O–H groups in total. The predicted octanol–water partition coefficient (Wildman–Crippen LogP) is 4.57. The molecule has 1 atom stereocenters.